The second-order valence-corrected chi connectivity index (χ2v) is 12.4. The molecule has 1 aliphatic heterocycles. The van der Waals surface area contributed by atoms with E-state index in [1.54, 1.807) is 36.9 Å². The number of imidazole rings is 1. The molecule has 0 radical (unpaired) electrons. The lowest BCUT2D eigenvalue weighted by Crippen LogP contribution is -2.50. The third-order valence-corrected chi connectivity index (χ3v) is 8.98. The molecular weight excluding hydrogens is 523 g/mol. The molecule has 1 aromatic heterocycles. The number of piperidine rings is 1. The second kappa shape index (κ2) is 10.1. The van der Waals surface area contributed by atoms with E-state index in [-0.39, 0.29) is 34.4 Å². The number of likely N-dealkylation sites (tertiary alicyclic amines) is 1. The summed E-state index contributed by atoms with van der Waals surface area (Å²) in [5.74, 6) is -2.50. The maximum atomic E-state index is 15.7. The number of carboxylic acids is 1. The third kappa shape index (κ3) is 5.02. The highest BCUT2D eigenvalue weighted by atomic mass is 19.1. The van der Waals surface area contributed by atoms with Crippen LogP contribution in [0.25, 0.3) is 11.1 Å². The molecular formula is C32H37FN4O4. The van der Waals surface area contributed by atoms with Crippen LogP contribution in [0.2, 0.25) is 0 Å². The molecule has 2 aliphatic rings. The summed E-state index contributed by atoms with van der Waals surface area (Å²) in [6.45, 7) is 12.2. The highest BCUT2D eigenvalue weighted by molar-refractivity contribution is 5.97. The molecule has 1 unspecified atom stereocenters. The van der Waals surface area contributed by atoms with Gasteiger partial charge in [0.05, 0.1) is 18.8 Å². The minimum absolute atomic E-state index is 0.0867. The average Bonchev–Trinajstić information content (AvgIpc) is 3.24. The highest BCUT2D eigenvalue weighted by Gasteiger charge is 2.69. The number of carbonyl (C=O) groups excluding carboxylic acids is 2. The zero-order valence-electron chi connectivity index (χ0n) is 24.6. The smallest absolute Gasteiger partial charge is 0.305 e. The number of carbonyl (C=O) groups is 3. The number of halogens is 1. The molecule has 4 atom stereocenters. The van der Waals surface area contributed by atoms with Crippen LogP contribution in [0.15, 0.2) is 36.8 Å². The van der Waals surface area contributed by atoms with Crippen LogP contribution >= 0.6 is 0 Å². The molecule has 2 amide bonds. The normalized spacial score (nSPS) is 21.4. The van der Waals surface area contributed by atoms with E-state index in [0.717, 1.165) is 27.8 Å². The van der Waals surface area contributed by atoms with E-state index < -0.39 is 36.2 Å². The minimum Gasteiger partial charge on any atom is -0.481 e. The molecule has 9 heteroatoms. The standard InChI is InChI=1S/C32H37FN4O4/c1-16-8-17(2)26(18(3)9-16)20-10-19(4)28(33)21(11-20)23(12-25(38)39)35-30(40)29-27-22(32(27,5)6)13-37(29)31(41)24-14-36(7)15-34-24/h8-11,14-15,22-23,27,29H,12-13H2,1-7H3,(H,35,40)(H,38,39)/t22?,23-,27-,29-/m0/s1. The number of aromatic nitrogens is 2. The van der Waals surface area contributed by atoms with Crippen molar-refractivity contribution in [3.63, 3.8) is 0 Å². The molecule has 2 heterocycles. The van der Waals surface area contributed by atoms with Crippen LogP contribution in [0.5, 0.6) is 0 Å². The monoisotopic (exact) mass is 560 g/mol. The Morgan fingerprint density at radius 1 is 1.10 bits per heavy atom. The zero-order chi connectivity index (χ0) is 30.0. The Bertz CT molecular complexity index is 1550. The molecule has 8 nitrogen and oxygen atoms in total. The van der Waals surface area contributed by atoms with Gasteiger partial charge >= 0.3 is 5.97 Å². The fraction of sp³-hybridized carbons (Fsp3) is 0.438. The maximum absolute atomic E-state index is 15.7. The number of nitrogens with one attached hydrogen (secondary N) is 1. The van der Waals surface area contributed by atoms with E-state index in [4.69, 9.17) is 0 Å². The quantitative estimate of drug-likeness (QED) is 0.428. The van der Waals surface area contributed by atoms with Crippen LogP contribution in [0.3, 0.4) is 0 Å². The number of benzene rings is 2. The van der Waals surface area contributed by atoms with Gasteiger partial charge in [-0.2, -0.15) is 0 Å². The molecule has 2 fully saturated rings. The fourth-order valence-electron chi connectivity index (χ4n) is 6.97. The van der Waals surface area contributed by atoms with Gasteiger partial charge in [-0.15, -0.1) is 0 Å². The van der Waals surface area contributed by atoms with Crippen molar-refractivity contribution in [2.45, 2.75) is 60.0 Å². The minimum atomic E-state index is -1.17. The summed E-state index contributed by atoms with van der Waals surface area (Å²) in [6.07, 6.45) is 2.63. The van der Waals surface area contributed by atoms with Crippen molar-refractivity contribution in [1.82, 2.24) is 19.8 Å². The Labute approximate surface area is 239 Å². The van der Waals surface area contributed by atoms with Gasteiger partial charge < -0.3 is 19.9 Å². The molecule has 0 spiro atoms. The van der Waals surface area contributed by atoms with E-state index in [1.165, 1.54) is 11.2 Å². The molecule has 216 valence electrons. The van der Waals surface area contributed by atoms with Crippen LogP contribution in [-0.2, 0) is 16.6 Å². The lowest BCUT2D eigenvalue weighted by Gasteiger charge is -2.31. The fourth-order valence-corrected chi connectivity index (χ4v) is 6.97. The lowest BCUT2D eigenvalue weighted by atomic mass is 9.89. The number of fused-ring (bicyclic) bond motifs is 1. The Morgan fingerprint density at radius 3 is 2.34 bits per heavy atom. The van der Waals surface area contributed by atoms with Gasteiger partial charge in [-0.05, 0) is 84.9 Å². The zero-order valence-corrected chi connectivity index (χ0v) is 24.6. The van der Waals surface area contributed by atoms with E-state index in [9.17, 15) is 19.5 Å². The van der Waals surface area contributed by atoms with Crippen molar-refractivity contribution in [2.24, 2.45) is 24.3 Å². The van der Waals surface area contributed by atoms with Crippen molar-refractivity contribution >= 4 is 17.8 Å². The van der Waals surface area contributed by atoms with E-state index >= 15 is 4.39 Å². The SMILES string of the molecule is Cc1cc(C)c(-c2cc(C)c(F)c([C@H](CC(=O)O)NC(=O)[C@@H]3[C@@H]4C(CN3C(=O)c3cn(C)cn3)C4(C)C)c2)c(C)c1. The number of amides is 2. The molecule has 2 N–H and O–H groups in total. The first-order valence-corrected chi connectivity index (χ1v) is 13.9. The molecule has 0 bridgehead atoms. The summed E-state index contributed by atoms with van der Waals surface area (Å²) in [4.78, 5) is 45.0. The van der Waals surface area contributed by atoms with Crippen molar-refractivity contribution in [3.8, 4) is 11.1 Å². The van der Waals surface area contributed by atoms with Crippen LogP contribution in [-0.4, -0.2) is 49.9 Å². The molecule has 41 heavy (non-hydrogen) atoms. The van der Waals surface area contributed by atoms with Crippen LogP contribution in [0.1, 0.15) is 64.6 Å². The van der Waals surface area contributed by atoms with Gasteiger partial charge in [0.15, 0.2) is 0 Å². The van der Waals surface area contributed by atoms with Gasteiger partial charge in [-0.3, -0.25) is 14.4 Å². The number of rotatable bonds is 7. The number of aryl methyl sites for hydroxylation is 5. The van der Waals surface area contributed by atoms with Gasteiger partial charge in [-0.1, -0.05) is 31.5 Å². The van der Waals surface area contributed by atoms with E-state index in [2.05, 4.69) is 36.3 Å². The first kappa shape index (κ1) is 28.5. The van der Waals surface area contributed by atoms with Gasteiger partial charge in [0.2, 0.25) is 5.91 Å². The predicted octanol–water partition coefficient (Wildman–Crippen LogP) is 4.89. The molecule has 1 saturated heterocycles. The van der Waals surface area contributed by atoms with Crippen LogP contribution in [0.4, 0.5) is 4.39 Å². The van der Waals surface area contributed by atoms with Crippen molar-refractivity contribution in [2.75, 3.05) is 6.54 Å². The Morgan fingerprint density at radius 2 is 1.76 bits per heavy atom. The summed E-state index contributed by atoms with van der Waals surface area (Å²) >= 11 is 0. The molecule has 1 saturated carbocycles. The summed E-state index contributed by atoms with van der Waals surface area (Å²) in [6, 6.07) is 5.57. The Kier molecular flexibility index (Phi) is 7.04. The van der Waals surface area contributed by atoms with Crippen molar-refractivity contribution in [3.05, 3.63) is 76.1 Å². The lowest BCUT2D eigenvalue weighted by molar-refractivity contribution is -0.138. The van der Waals surface area contributed by atoms with Crippen LogP contribution in [0, 0.1) is 50.8 Å². The van der Waals surface area contributed by atoms with Gasteiger partial charge in [0, 0.05) is 25.4 Å². The largest absolute Gasteiger partial charge is 0.481 e. The topological polar surface area (TPSA) is 105 Å². The number of nitrogens with zero attached hydrogens (tertiary/aromatic N) is 3. The second-order valence-electron chi connectivity index (χ2n) is 12.4. The first-order valence-electron chi connectivity index (χ1n) is 13.9. The number of hydrogen-bond donors (Lipinski definition) is 2. The molecule has 3 aromatic rings. The van der Waals surface area contributed by atoms with Gasteiger partial charge in [0.25, 0.3) is 5.91 Å². The van der Waals surface area contributed by atoms with E-state index in [0.29, 0.717) is 12.1 Å². The molecule has 2 aromatic carbocycles. The van der Waals surface area contributed by atoms with Gasteiger partial charge in [0.1, 0.15) is 17.6 Å². The average molecular weight is 561 g/mol. The number of aliphatic carboxylic acids is 1. The molecule has 5 rings (SSSR count). The van der Waals surface area contributed by atoms with Crippen LogP contribution < -0.4 is 5.32 Å². The maximum Gasteiger partial charge on any atom is 0.305 e. The third-order valence-electron chi connectivity index (χ3n) is 8.98. The van der Waals surface area contributed by atoms with Crippen molar-refractivity contribution < 1.29 is 23.9 Å². The molecule has 1 aliphatic carbocycles. The summed E-state index contributed by atoms with van der Waals surface area (Å²) in [5.41, 5.74) is 5.43. The summed E-state index contributed by atoms with van der Waals surface area (Å²) < 4.78 is 17.4. The predicted molar refractivity (Wildman–Crippen MR) is 153 cm³/mol. The number of hydrogen-bond acceptors (Lipinski definition) is 4. The highest BCUT2D eigenvalue weighted by Crippen LogP contribution is 2.65. The Hall–Kier alpha value is -4.01. The first-order chi connectivity index (χ1) is 19.2. The van der Waals surface area contributed by atoms with Crippen molar-refractivity contribution in [1.29, 1.82) is 0 Å². The summed E-state index contributed by atoms with van der Waals surface area (Å²) in [5, 5.41) is 12.6. The van der Waals surface area contributed by atoms with Gasteiger partial charge in [-0.25, -0.2) is 9.37 Å². The Balaban J connectivity index is 1.51. The number of carboxylic acid groups (broad SMARTS) is 1. The summed E-state index contributed by atoms with van der Waals surface area (Å²) in [7, 11) is 1.76. The van der Waals surface area contributed by atoms with E-state index in [1.807, 2.05) is 20.8 Å².